The summed E-state index contributed by atoms with van der Waals surface area (Å²) >= 11 is 0. The molecule has 1 aliphatic heterocycles. The fourth-order valence-corrected chi connectivity index (χ4v) is 4.01. The van der Waals surface area contributed by atoms with E-state index in [4.69, 9.17) is 0 Å². The average Bonchev–Trinajstić information content (AvgIpc) is 3.01. The number of nitrogens with one attached hydrogen (secondary N) is 1. The maximum Gasteiger partial charge on any atom is 0.224 e. The number of carbonyl (C=O) groups excluding carboxylic acids is 1. The zero-order valence-corrected chi connectivity index (χ0v) is 11.4. The van der Waals surface area contributed by atoms with Gasteiger partial charge in [-0.05, 0) is 34.4 Å². The normalized spacial score (nSPS) is 21.1. The summed E-state index contributed by atoms with van der Waals surface area (Å²) in [5, 5.41) is 10.2. The summed E-state index contributed by atoms with van der Waals surface area (Å²) in [5.74, 6) is -0.603. The highest BCUT2D eigenvalue weighted by atomic mass is 32.2. The zero-order chi connectivity index (χ0) is 14.2. The molecule has 2 heterocycles. The second-order valence-corrected chi connectivity index (χ2v) is 7.13. The molecule has 0 spiro atoms. The van der Waals surface area contributed by atoms with Crippen molar-refractivity contribution in [2.75, 3.05) is 11.5 Å². The predicted molar refractivity (Wildman–Crippen MR) is 70.4 cm³/mol. The van der Waals surface area contributed by atoms with E-state index in [1.54, 1.807) is 12.1 Å². The third-order valence-electron chi connectivity index (χ3n) is 3.39. The zero-order valence-electron chi connectivity index (χ0n) is 10.6. The molecular weight excluding hydrogens is 282 g/mol. The molecule has 0 aliphatic carbocycles. The number of sulfone groups is 1. The van der Waals surface area contributed by atoms with E-state index in [1.165, 1.54) is 0 Å². The molecule has 20 heavy (non-hydrogen) atoms. The fourth-order valence-electron chi connectivity index (χ4n) is 2.27. The van der Waals surface area contributed by atoms with Crippen LogP contribution in [0.15, 0.2) is 22.8 Å². The largest absolute Gasteiger partial charge is 0.352 e. The number of hydrogen-bond acceptors (Lipinski definition) is 6. The molecule has 2 aromatic rings. The lowest BCUT2D eigenvalue weighted by Gasteiger charge is -2.09. The first-order valence-corrected chi connectivity index (χ1v) is 8.05. The Morgan fingerprint density at radius 2 is 2.15 bits per heavy atom. The highest BCUT2D eigenvalue weighted by Gasteiger charge is 2.32. The number of benzene rings is 1. The Balaban J connectivity index is 1.63. The third-order valence-corrected chi connectivity index (χ3v) is 5.16. The molecule has 0 unspecified atom stereocenters. The predicted octanol–water partition coefficient (Wildman–Crippen LogP) is 0.274. The Labute approximate surface area is 115 Å². The number of fused-ring (bicyclic) bond motifs is 1. The van der Waals surface area contributed by atoms with Crippen LogP contribution in [0.25, 0.3) is 11.0 Å². The molecule has 0 radical (unpaired) electrons. The van der Waals surface area contributed by atoms with Gasteiger partial charge in [-0.2, -0.15) is 0 Å². The molecule has 3 rings (SSSR count). The van der Waals surface area contributed by atoms with E-state index >= 15 is 0 Å². The molecule has 106 valence electrons. The molecule has 1 fully saturated rings. The monoisotopic (exact) mass is 295 g/mol. The molecule has 1 amide bonds. The van der Waals surface area contributed by atoms with Gasteiger partial charge in [0.05, 0.1) is 17.4 Å². The second-order valence-electron chi connectivity index (χ2n) is 4.91. The molecule has 1 atom stereocenters. The van der Waals surface area contributed by atoms with Crippen LogP contribution in [0.2, 0.25) is 0 Å². The van der Waals surface area contributed by atoms with Gasteiger partial charge in [-0.15, -0.1) is 0 Å². The number of aromatic nitrogens is 2. The van der Waals surface area contributed by atoms with Gasteiger partial charge in [-0.1, -0.05) is 6.07 Å². The summed E-state index contributed by atoms with van der Waals surface area (Å²) in [6, 6.07) is 5.35. The molecule has 8 heteroatoms. The van der Waals surface area contributed by atoms with Crippen LogP contribution in [0.1, 0.15) is 12.0 Å². The lowest BCUT2D eigenvalue weighted by Crippen LogP contribution is -2.30. The van der Waals surface area contributed by atoms with Crippen LogP contribution in [0.5, 0.6) is 0 Å². The SMILES string of the molecule is O=C(NCc1ccc2nonc2c1)[C@H]1CCS(=O)(=O)C1. The topological polar surface area (TPSA) is 102 Å². The molecule has 1 aliphatic rings. The van der Waals surface area contributed by atoms with Gasteiger partial charge in [0.15, 0.2) is 9.84 Å². The van der Waals surface area contributed by atoms with E-state index < -0.39 is 15.8 Å². The van der Waals surface area contributed by atoms with Crippen LogP contribution in [0, 0.1) is 5.92 Å². The van der Waals surface area contributed by atoms with Crippen LogP contribution in [-0.2, 0) is 21.2 Å². The van der Waals surface area contributed by atoms with Crippen molar-refractivity contribution in [2.45, 2.75) is 13.0 Å². The average molecular weight is 295 g/mol. The van der Waals surface area contributed by atoms with Gasteiger partial charge in [0, 0.05) is 6.54 Å². The van der Waals surface area contributed by atoms with E-state index in [9.17, 15) is 13.2 Å². The summed E-state index contributed by atoms with van der Waals surface area (Å²) in [6.07, 6.45) is 0.403. The van der Waals surface area contributed by atoms with Crippen LogP contribution in [0.4, 0.5) is 0 Å². The molecule has 7 nitrogen and oxygen atoms in total. The van der Waals surface area contributed by atoms with Gasteiger partial charge in [0.25, 0.3) is 0 Å². The lowest BCUT2D eigenvalue weighted by molar-refractivity contribution is -0.124. The van der Waals surface area contributed by atoms with Crippen LogP contribution < -0.4 is 5.32 Å². The number of amides is 1. The van der Waals surface area contributed by atoms with Gasteiger partial charge in [0.2, 0.25) is 5.91 Å². The van der Waals surface area contributed by atoms with Crippen molar-refractivity contribution in [3.63, 3.8) is 0 Å². The summed E-state index contributed by atoms with van der Waals surface area (Å²) in [5.41, 5.74) is 2.14. The minimum absolute atomic E-state index is 0.0505. The van der Waals surface area contributed by atoms with E-state index in [2.05, 4.69) is 20.3 Å². The summed E-state index contributed by atoms with van der Waals surface area (Å²) < 4.78 is 27.3. The Morgan fingerprint density at radius 1 is 1.35 bits per heavy atom. The van der Waals surface area contributed by atoms with Gasteiger partial charge in [0.1, 0.15) is 11.0 Å². The number of carbonyl (C=O) groups is 1. The van der Waals surface area contributed by atoms with Gasteiger partial charge in [-0.25, -0.2) is 13.0 Å². The summed E-state index contributed by atoms with van der Waals surface area (Å²) in [6.45, 7) is 0.332. The highest BCUT2D eigenvalue weighted by molar-refractivity contribution is 7.91. The number of hydrogen-bond donors (Lipinski definition) is 1. The minimum atomic E-state index is -3.04. The fraction of sp³-hybridized carbons (Fsp3) is 0.417. The van der Waals surface area contributed by atoms with Crippen LogP contribution >= 0.6 is 0 Å². The first kappa shape index (κ1) is 13.0. The van der Waals surface area contributed by atoms with Gasteiger partial charge >= 0.3 is 0 Å². The smallest absolute Gasteiger partial charge is 0.224 e. The Kier molecular flexibility index (Phi) is 3.17. The van der Waals surface area contributed by atoms with Crippen LogP contribution in [-0.4, -0.2) is 36.1 Å². The standard InChI is InChI=1S/C12H13N3O4S/c16-12(9-3-4-20(17,18)7-9)13-6-8-1-2-10-11(5-8)15-19-14-10/h1-2,5,9H,3-4,6-7H2,(H,13,16)/t9-/m0/s1. The molecule has 0 bridgehead atoms. The lowest BCUT2D eigenvalue weighted by atomic mass is 10.1. The first-order valence-electron chi connectivity index (χ1n) is 6.23. The maximum absolute atomic E-state index is 11.9. The molecule has 1 saturated heterocycles. The molecular formula is C12H13N3O4S. The van der Waals surface area contributed by atoms with E-state index in [0.717, 1.165) is 5.56 Å². The van der Waals surface area contributed by atoms with E-state index in [-0.39, 0.29) is 17.4 Å². The Morgan fingerprint density at radius 3 is 2.90 bits per heavy atom. The molecule has 1 N–H and O–H groups in total. The van der Waals surface area contributed by atoms with Crippen molar-refractivity contribution >= 4 is 26.8 Å². The van der Waals surface area contributed by atoms with Crippen molar-refractivity contribution < 1.29 is 17.8 Å². The van der Waals surface area contributed by atoms with E-state index in [1.807, 2.05) is 6.07 Å². The van der Waals surface area contributed by atoms with Gasteiger partial charge in [-0.3, -0.25) is 4.79 Å². The molecule has 0 saturated carbocycles. The van der Waals surface area contributed by atoms with Crippen molar-refractivity contribution in [1.82, 2.24) is 15.6 Å². The van der Waals surface area contributed by atoms with Crippen molar-refractivity contribution in [2.24, 2.45) is 5.92 Å². The molecule has 1 aromatic carbocycles. The Bertz CT molecular complexity index is 753. The second kappa shape index (κ2) is 4.86. The third kappa shape index (κ3) is 2.64. The maximum atomic E-state index is 11.9. The quantitative estimate of drug-likeness (QED) is 0.872. The minimum Gasteiger partial charge on any atom is -0.352 e. The van der Waals surface area contributed by atoms with Crippen molar-refractivity contribution in [3.8, 4) is 0 Å². The summed E-state index contributed by atoms with van der Waals surface area (Å²) in [4.78, 5) is 11.9. The molecule has 1 aromatic heterocycles. The number of rotatable bonds is 3. The van der Waals surface area contributed by atoms with E-state index in [0.29, 0.717) is 24.0 Å². The van der Waals surface area contributed by atoms with Crippen molar-refractivity contribution in [3.05, 3.63) is 23.8 Å². The van der Waals surface area contributed by atoms with Gasteiger partial charge < -0.3 is 5.32 Å². The number of nitrogens with zero attached hydrogens (tertiary/aromatic N) is 2. The summed E-state index contributed by atoms with van der Waals surface area (Å²) in [7, 11) is -3.04. The Hall–Kier alpha value is -1.96. The van der Waals surface area contributed by atoms with Crippen LogP contribution in [0.3, 0.4) is 0 Å². The van der Waals surface area contributed by atoms with Crippen molar-refractivity contribution in [1.29, 1.82) is 0 Å². The highest BCUT2D eigenvalue weighted by Crippen LogP contribution is 2.18. The first-order chi connectivity index (χ1) is 9.53.